The van der Waals surface area contributed by atoms with Crippen LogP contribution in [0.2, 0.25) is 0 Å². The van der Waals surface area contributed by atoms with Crippen LogP contribution >= 0.6 is 0 Å². The minimum atomic E-state index is -3.15. The summed E-state index contributed by atoms with van der Waals surface area (Å²) in [4.78, 5) is 13.4. The summed E-state index contributed by atoms with van der Waals surface area (Å²) in [5.74, 6) is 0.741. The average Bonchev–Trinajstić information content (AvgIpc) is 2.48. The summed E-state index contributed by atoms with van der Waals surface area (Å²) in [5.41, 5.74) is 0.888. The van der Waals surface area contributed by atoms with Gasteiger partial charge < -0.3 is 9.53 Å². The fourth-order valence-corrected chi connectivity index (χ4v) is 3.32. The van der Waals surface area contributed by atoms with Gasteiger partial charge in [0.05, 0.1) is 19.4 Å². The Kier molecular flexibility index (Phi) is 4.97. The number of piperazine rings is 1. The smallest absolute Gasteiger partial charge is 0.211 e. The molecule has 1 heterocycles. The molecule has 0 radical (unpaired) electrons. The molecule has 1 aliphatic heterocycles. The van der Waals surface area contributed by atoms with Crippen molar-refractivity contribution in [2.45, 2.75) is 6.04 Å². The van der Waals surface area contributed by atoms with E-state index < -0.39 is 10.0 Å². The summed E-state index contributed by atoms with van der Waals surface area (Å²) < 4.78 is 29.5. The number of carbonyl (C=O) groups is 1. The minimum Gasteiger partial charge on any atom is -0.497 e. The standard InChI is InChI=1S/C14H20N2O4S/c1-20-13-5-3-12(4-6-13)14(11-17)15-7-9-16(10-8-15)21(2,18)19/h3-6,11,14H,7-10H2,1-2H3. The molecule has 2 rings (SSSR count). The number of benzene rings is 1. The summed E-state index contributed by atoms with van der Waals surface area (Å²) in [7, 11) is -1.56. The van der Waals surface area contributed by atoms with Gasteiger partial charge in [0, 0.05) is 26.2 Å². The summed E-state index contributed by atoms with van der Waals surface area (Å²) >= 11 is 0. The van der Waals surface area contributed by atoms with E-state index in [2.05, 4.69) is 0 Å². The van der Waals surface area contributed by atoms with E-state index >= 15 is 0 Å². The third-order valence-corrected chi connectivity index (χ3v) is 5.03. The van der Waals surface area contributed by atoms with Gasteiger partial charge in [-0.15, -0.1) is 0 Å². The Balaban J connectivity index is 2.07. The van der Waals surface area contributed by atoms with Crippen molar-refractivity contribution >= 4 is 16.3 Å². The molecule has 6 nitrogen and oxygen atoms in total. The first-order chi connectivity index (χ1) is 9.95. The second-order valence-corrected chi connectivity index (χ2v) is 7.03. The number of nitrogens with zero attached hydrogens (tertiary/aromatic N) is 2. The van der Waals surface area contributed by atoms with Crippen LogP contribution in [-0.2, 0) is 14.8 Å². The second kappa shape index (κ2) is 6.55. The van der Waals surface area contributed by atoms with Crippen LogP contribution < -0.4 is 4.74 Å². The predicted octanol–water partition coefficient (Wildman–Crippen LogP) is 0.512. The molecular formula is C14H20N2O4S. The monoisotopic (exact) mass is 312 g/mol. The fraction of sp³-hybridized carbons (Fsp3) is 0.500. The molecule has 0 N–H and O–H groups in total. The number of carbonyl (C=O) groups excluding carboxylic acids is 1. The van der Waals surface area contributed by atoms with Crippen molar-refractivity contribution in [3.63, 3.8) is 0 Å². The zero-order valence-electron chi connectivity index (χ0n) is 12.2. The Labute approximate surface area is 125 Å². The molecule has 116 valence electrons. The maximum absolute atomic E-state index is 11.5. The van der Waals surface area contributed by atoms with Gasteiger partial charge >= 0.3 is 0 Å². The highest BCUT2D eigenvalue weighted by Crippen LogP contribution is 2.23. The topological polar surface area (TPSA) is 66.9 Å². The summed E-state index contributed by atoms with van der Waals surface area (Å²) in [6.07, 6.45) is 2.11. The van der Waals surface area contributed by atoms with E-state index in [1.807, 2.05) is 29.2 Å². The SMILES string of the molecule is COc1ccc(C(C=O)N2CCN(S(C)(=O)=O)CC2)cc1. The van der Waals surface area contributed by atoms with E-state index in [1.165, 1.54) is 10.6 Å². The van der Waals surface area contributed by atoms with Crippen LogP contribution in [0.5, 0.6) is 5.75 Å². The molecule has 1 saturated heterocycles. The highest BCUT2D eigenvalue weighted by molar-refractivity contribution is 7.88. The van der Waals surface area contributed by atoms with Crippen molar-refractivity contribution in [2.75, 3.05) is 39.5 Å². The van der Waals surface area contributed by atoms with Crippen LogP contribution in [0, 0.1) is 0 Å². The number of aldehydes is 1. The zero-order valence-corrected chi connectivity index (χ0v) is 13.0. The molecule has 1 aromatic carbocycles. The van der Waals surface area contributed by atoms with Gasteiger partial charge in [-0.1, -0.05) is 12.1 Å². The van der Waals surface area contributed by atoms with E-state index in [1.54, 1.807) is 7.11 Å². The molecule has 1 unspecified atom stereocenters. The van der Waals surface area contributed by atoms with Crippen molar-refractivity contribution in [3.8, 4) is 5.75 Å². The fourth-order valence-electron chi connectivity index (χ4n) is 2.49. The van der Waals surface area contributed by atoms with Crippen LogP contribution in [0.3, 0.4) is 0 Å². The van der Waals surface area contributed by atoms with Crippen molar-refractivity contribution in [1.82, 2.24) is 9.21 Å². The van der Waals surface area contributed by atoms with Crippen molar-refractivity contribution < 1.29 is 17.9 Å². The van der Waals surface area contributed by atoms with Gasteiger partial charge in [-0.2, -0.15) is 4.31 Å². The van der Waals surface area contributed by atoms with Gasteiger partial charge in [-0.3, -0.25) is 4.90 Å². The van der Waals surface area contributed by atoms with E-state index in [0.717, 1.165) is 17.6 Å². The summed E-state index contributed by atoms with van der Waals surface area (Å²) in [6.45, 7) is 1.92. The molecule has 0 amide bonds. The Morgan fingerprint density at radius 2 is 1.71 bits per heavy atom. The van der Waals surface area contributed by atoms with Gasteiger partial charge in [-0.25, -0.2) is 8.42 Å². The lowest BCUT2D eigenvalue weighted by atomic mass is 10.1. The number of hydrogen-bond donors (Lipinski definition) is 0. The van der Waals surface area contributed by atoms with E-state index in [9.17, 15) is 13.2 Å². The molecule has 1 aromatic rings. The first-order valence-corrected chi connectivity index (χ1v) is 8.59. The molecule has 0 aromatic heterocycles. The molecule has 1 atom stereocenters. The zero-order chi connectivity index (χ0) is 15.5. The molecule has 1 fully saturated rings. The normalized spacial score (nSPS) is 19.1. The molecule has 0 saturated carbocycles. The second-order valence-electron chi connectivity index (χ2n) is 5.05. The number of methoxy groups -OCH3 is 1. The lowest BCUT2D eigenvalue weighted by Gasteiger charge is -2.36. The lowest BCUT2D eigenvalue weighted by molar-refractivity contribution is -0.113. The third kappa shape index (κ3) is 3.81. The Hall–Kier alpha value is -1.44. The van der Waals surface area contributed by atoms with Crippen molar-refractivity contribution in [2.24, 2.45) is 0 Å². The van der Waals surface area contributed by atoms with Gasteiger partial charge in [0.15, 0.2) is 0 Å². The average molecular weight is 312 g/mol. The van der Waals surface area contributed by atoms with Crippen LogP contribution in [0.15, 0.2) is 24.3 Å². The minimum absolute atomic E-state index is 0.349. The highest BCUT2D eigenvalue weighted by atomic mass is 32.2. The molecule has 0 aliphatic carbocycles. The molecule has 7 heteroatoms. The van der Waals surface area contributed by atoms with E-state index in [-0.39, 0.29) is 6.04 Å². The van der Waals surface area contributed by atoms with E-state index in [4.69, 9.17) is 4.74 Å². The van der Waals surface area contributed by atoms with Gasteiger partial charge in [-0.05, 0) is 17.7 Å². The van der Waals surface area contributed by atoms with Gasteiger partial charge in [0.1, 0.15) is 12.0 Å². The first kappa shape index (κ1) is 15.9. The lowest BCUT2D eigenvalue weighted by Crippen LogP contribution is -2.49. The van der Waals surface area contributed by atoms with Crippen LogP contribution in [0.1, 0.15) is 11.6 Å². The van der Waals surface area contributed by atoms with Crippen LogP contribution in [-0.4, -0.2) is 63.5 Å². The molecule has 0 bridgehead atoms. The van der Waals surface area contributed by atoms with Gasteiger partial charge in [0.25, 0.3) is 0 Å². The third-order valence-electron chi connectivity index (χ3n) is 3.72. The summed E-state index contributed by atoms with van der Waals surface area (Å²) in [5, 5.41) is 0. The Morgan fingerprint density at radius 1 is 1.14 bits per heavy atom. The summed E-state index contributed by atoms with van der Waals surface area (Å²) in [6, 6.07) is 7.01. The molecule has 1 aliphatic rings. The van der Waals surface area contributed by atoms with Crippen molar-refractivity contribution in [1.29, 1.82) is 0 Å². The van der Waals surface area contributed by atoms with E-state index in [0.29, 0.717) is 26.2 Å². The maximum atomic E-state index is 11.5. The van der Waals surface area contributed by atoms with Gasteiger partial charge in [0.2, 0.25) is 10.0 Å². The number of sulfonamides is 1. The molecule has 21 heavy (non-hydrogen) atoms. The van der Waals surface area contributed by atoms with Crippen molar-refractivity contribution in [3.05, 3.63) is 29.8 Å². The number of ether oxygens (including phenoxy) is 1. The Morgan fingerprint density at radius 3 is 2.14 bits per heavy atom. The number of hydrogen-bond acceptors (Lipinski definition) is 5. The largest absolute Gasteiger partial charge is 0.497 e. The first-order valence-electron chi connectivity index (χ1n) is 6.74. The Bertz CT molecular complexity index is 577. The highest BCUT2D eigenvalue weighted by Gasteiger charge is 2.28. The maximum Gasteiger partial charge on any atom is 0.211 e. The van der Waals surface area contributed by atoms with Crippen LogP contribution in [0.25, 0.3) is 0 Å². The quantitative estimate of drug-likeness (QED) is 0.741. The molecule has 0 spiro atoms. The number of rotatable bonds is 5. The van der Waals surface area contributed by atoms with Crippen LogP contribution in [0.4, 0.5) is 0 Å². The predicted molar refractivity (Wildman–Crippen MR) is 79.8 cm³/mol. The molecular weight excluding hydrogens is 292 g/mol.